The molecule has 0 radical (unpaired) electrons. The lowest BCUT2D eigenvalue weighted by Crippen LogP contribution is -2.21. The van der Waals surface area contributed by atoms with Crippen molar-refractivity contribution in [2.45, 2.75) is 27.3 Å². The highest BCUT2D eigenvalue weighted by Crippen LogP contribution is 2.33. The van der Waals surface area contributed by atoms with Gasteiger partial charge < -0.3 is 9.30 Å². The van der Waals surface area contributed by atoms with Gasteiger partial charge in [-0.05, 0) is 32.9 Å². The van der Waals surface area contributed by atoms with Crippen molar-refractivity contribution in [3.05, 3.63) is 50.0 Å². The van der Waals surface area contributed by atoms with Gasteiger partial charge in [-0.3, -0.25) is 4.79 Å². The van der Waals surface area contributed by atoms with Gasteiger partial charge in [0.2, 0.25) is 5.43 Å². The number of nitrogens with zero attached hydrogens (tertiary/aromatic N) is 2. The Morgan fingerprint density at radius 2 is 2.12 bits per heavy atom. The minimum absolute atomic E-state index is 0.110. The maximum Gasteiger partial charge on any atom is 0.343 e. The number of pyridine rings is 1. The Balaban J connectivity index is 2.29. The number of thiazole rings is 1. The molecule has 0 saturated carbocycles. The lowest BCUT2D eigenvalue weighted by atomic mass is 10.1. The fourth-order valence-corrected chi connectivity index (χ4v) is 3.76. The van der Waals surface area contributed by atoms with Gasteiger partial charge in [0.1, 0.15) is 21.5 Å². The lowest BCUT2D eigenvalue weighted by Gasteiger charge is -2.12. The number of aromatic nitrogens is 2. The zero-order valence-electron chi connectivity index (χ0n) is 14.4. The van der Waals surface area contributed by atoms with E-state index in [0.717, 1.165) is 10.9 Å². The Bertz CT molecular complexity index is 1050. The van der Waals surface area contributed by atoms with Crippen molar-refractivity contribution in [3.63, 3.8) is 0 Å². The Labute approximate surface area is 158 Å². The van der Waals surface area contributed by atoms with Crippen LogP contribution in [0.25, 0.3) is 21.5 Å². The second-order valence-electron chi connectivity index (χ2n) is 5.59. The first kappa shape index (κ1) is 18.5. The molecule has 0 aliphatic heterocycles. The number of halogens is 2. The first-order valence-corrected chi connectivity index (χ1v) is 9.23. The number of fused-ring (bicyclic) bond motifs is 1. The molecule has 3 rings (SSSR count). The van der Waals surface area contributed by atoms with E-state index in [4.69, 9.17) is 16.3 Å². The summed E-state index contributed by atoms with van der Waals surface area (Å²) in [6, 6.07) is 2.71. The van der Waals surface area contributed by atoms with Gasteiger partial charge in [0.05, 0.1) is 12.1 Å². The van der Waals surface area contributed by atoms with Crippen molar-refractivity contribution in [1.29, 1.82) is 0 Å². The molecule has 0 atom stereocenters. The van der Waals surface area contributed by atoms with E-state index in [-0.39, 0.29) is 23.1 Å². The van der Waals surface area contributed by atoms with E-state index in [1.807, 2.05) is 6.92 Å². The molecular weight excluding hydrogens is 379 g/mol. The molecule has 5 nitrogen and oxygen atoms in total. The minimum atomic E-state index is -0.714. The molecule has 3 aromatic rings. The molecule has 0 spiro atoms. The van der Waals surface area contributed by atoms with Crippen molar-refractivity contribution < 1.29 is 13.9 Å². The summed E-state index contributed by atoms with van der Waals surface area (Å²) in [6.07, 6.45) is 1.45. The largest absolute Gasteiger partial charge is 0.462 e. The lowest BCUT2D eigenvalue weighted by molar-refractivity contribution is 0.0524. The molecule has 0 bridgehead atoms. The van der Waals surface area contributed by atoms with Gasteiger partial charge in [-0.1, -0.05) is 11.6 Å². The number of hydrogen-bond acceptors (Lipinski definition) is 5. The smallest absolute Gasteiger partial charge is 0.343 e. The number of rotatable bonds is 4. The first-order chi connectivity index (χ1) is 12.4. The highest BCUT2D eigenvalue weighted by molar-refractivity contribution is 7.15. The molecule has 0 fully saturated rings. The highest BCUT2D eigenvalue weighted by atomic mass is 35.5. The van der Waals surface area contributed by atoms with Crippen LogP contribution < -0.4 is 5.43 Å². The summed E-state index contributed by atoms with van der Waals surface area (Å²) in [6.45, 7) is 5.97. The summed E-state index contributed by atoms with van der Waals surface area (Å²) >= 11 is 7.27. The Kier molecular flexibility index (Phi) is 5.11. The molecule has 2 aromatic heterocycles. The van der Waals surface area contributed by atoms with Gasteiger partial charge in [0, 0.05) is 28.6 Å². The third kappa shape index (κ3) is 3.12. The van der Waals surface area contributed by atoms with E-state index >= 15 is 0 Å². The van der Waals surface area contributed by atoms with E-state index in [1.165, 1.54) is 17.5 Å². The van der Waals surface area contributed by atoms with Gasteiger partial charge in [-0.2, -0.15) is 0 Å². The highest BCUT2D eigenvalue weighted by Gasteiger charge is 2.20. The molecule has 1 aromatic carbocycles. The van der Waals surface area contributed by atoms with Gasteiger partial charge in [0.15, 0.2) is 0 Å². The molecule has 136 valence electrons. The van der Waals surface area contributed by atoms with Crippen LogP contribution in [-0.2, 0) is 11.3 Å². The molecule has 2 heterocycles. The number of ether oxygens (including phenoxy) is 1. The van der Waals surface area contributed by atoms with E-state index in [9.17, 15) is 14.0 Å². The maximum atomic E-state index is 14.7. The van der Waals surface area contributed by atoms with Crippen LogP contribution in [0.15, 0.2) is 23.1 Å². The number of esters is 1. The summed E-state index contributed by atoms with van der Waals surface area (Å²) < 4.78 is 21.3. The Morgan fingerprint density at radius 1 is 1.38 bits per heavy atom. The summed E-state index contributed by atoms with van der Waals surface area (Å²) in [5.74, 6) is -1.31. The molecule has 0 unspecified atom stereocenters. The molecule has 26 heavy (non-hydrogen) atoms. The van der Waals surface area contributed by atoms with E-state index < -0.39 is 17.2 Å². The van der Waals surface area contributed by atoms with Crippen LogP contribution in [0.2, 0.25) is 5.15 Å². The zero-order valence-corrected chi connectivity index (χ0v) is 16.0. The third-order valence-corrected chi connectivity index (χ3v) is 5.46. The van der Waals surface area contributed by atoms with E-state index in [1.54, 1.807) is 24.5 Å². The predicted octanol–water partition coefficient (Wildman–Crippen LogP) is 4.42. The van der Waals surface area contributed by atoms with Gasteiger partial charge >= 0.3 is 5.97 Å². The first-order valence-electron chi connectivity index (χ1n) is 8.04. The third-order valence-electron chi connectivity index (χ3n) is 3.98. The van der Waals surface area contributed by atoms with Crippen molar-refractivity contribution in [3.8, 4) is 10.6 Å². The maximum absolute atomic E-state index is 14.7. The van der Waals surface area contributed by atoms with Crippen LogP contribution >= 0.6 is 22.9 Å². The monoisotopic (exact) mass is 394 g/mol. The fourth-order valence-electron chi connectivity index (χ4n) is 2.68. The topological polar surface area (TPSA) is 61.2 Å². The van der Waals surface area contributed by atoms with Crippen LogP contribution in [0.1, 0.15) is 29.1 Å². The number of aryl methyl sites for hydroxylation is 2. The molecule has 0 aliphatic carbocycles. The molecule has 0 saturated heterocycles. The van der Waals surface area contributed by atoms with Crippen LogP contribution in [0.3, 0.4) is 0 Å². The minimum Gasteiger partial charge on any atom is -0.462 e. The normalized spacial score (nSPS) is 11.1. The van der Waals surface area contributed by atoms with Crippen molar-refractivity contribution in [2.75, 3.05) is 6.61 Å². The van der Waals surface area contributed by atoms with Crippen molar-refractivity contribution >= 4 is 39.8 Å². The number of carbonyl (C=O) groups is 1. The summed E-state index contributed by atoms with van der Waals surface area (Å²) in [5.41, 5.74) is 0.123. The number of carbonyl (C=O) groups excluding carboxylic acids is 1. The molecule has 8 heteroatoms. The molecular formula is C18H16ClFN2O3S. The fraction of sp³-hybridized carbons (Fsp3) is 0.278. The average molecular weight is 395 g/mol. The second-order valence-corrected chi connectivity index (χ2v) is 7.15. The van der Waals surface area contributed by atoms with Gasteiger partial charge in [-0.25, -0.2) is 14.2 Å². The number of hydrogen-bond donors (Lipinski definition) is 0. The quantitative estimate of drug-likeness (QED) is 0.614. The van der Waals surface area contributed by atoms with Crippen molar-refractivity contribution in [1.82, 2.24) is 9.55 Å². The molecule has 0 amide bonds. The summed E-state index contributed by atoms with van der Waals surface area (Å²) in [5, 5.41) is 0.893. The zero-order chi connectivity index (χ0) is 19.0. The van der Waals surface area contributed by atoms with Crippen LogP contribution in [0, 0.1) is 12.7 Å². The van der Waals surface area contributed by atoms with Gasteiger partial charge in [-0.15, -0.1) is 11.3 Å². The molecule has 0 aliphatic rings. The Morgan fingerprint density at radius 3 is 2.69 bits per heavy atom. The van der Waals surface area contributed by atoms with Crippen LogP contribution in [0.4, 0.5) is 4.39 Å². The predicted molar refractivity (Wildman–Crippen MR) is 101 cm³/mol. The van der Waals surface area contributed by atoms with Crippen LogP contribution in [0.5, 0.6) is 0 Å². The number of benzene rings is 1. The van der Waals surface area contributed by atoms with Gasteiger partial charge in [0.25, 0.3) is 0 Å². The van der Waals surface area contributed by atoms with Crippen LogP contribution in [-0.4, -0.2) is 22.1 Å². The molecule has 0 N–H and O–H groups in total. The average Bonchev–Trinajstić information content (AvgIpc) is 2.94. The Hall–Kier alpha value is -2.25. The van der Waals surface area contributed by atoms with E-state index in [0.29, 0.717) is 22.2 Å². The summed E-state index contributed by atoms with van der Waals surface area (Å²) in [7, 11) is 0. The van der Waals surface area contributed by atoms with Crippen molar-refractivity contribution in [2.24, 2.45) is 0 Å². The summed E-state index contributed by atoms with van der Waals surface area (Å²) in [4.78, 5) is 29.7. The standard InChI is InChI=1S/C18H16ClFN2O3S/c1-4-22-8-12(18(24)25-5-2)15(23)11-6-13(20)10(7-14(11)22)17-21-16(19)9(3)26-17/h6-8H,4-5H2,1-3H3. The van der Waals surface area contributed by atoms with E-state index in [2.05, 4.69) is 4.98 Å². The second kappa shape index (κ2) is 7.17. The SMILES string of the molecule is CCOC(=O)c1cn(CC)c2cc(-c3nc(Cl)c(C)s3)c(F)cc2c1=O.